The van der Waals surface area contributed by atoms with E-state index >= 15 is 0 Å². The molecule has 1 saturated carbocycles. The van der Waals surface area contributed by atoms with Crippen LogP contribution >= 0.6 is 11.3 Å². The van der Waals surface area contributed by atoms with Gasteiger partial charge in [0.25, 0.3) is 5.91 Å². The van der Waals surface area contributed by atoms with Gasteiger partial charge in [0, 0.05) is 35.7 Å². The van der Waals surface area contributed by atoms with Crippen LogP contribution in [0.4, 0.5) is 4.79 Å². The lowest BCUT2D eigenvalue weighted by Gasteiger charge is -2.37. The molecule has 0 unspecified atom stereocenters. The first-order valence-electron chi connectivity index (χ1n) is 13.5. The number of carbonyl (C=O) groups excluding carboxylic acids is 2. The highest BCUT2D eigenvalue weighted by Crippen LogP contribution is 2.31. The van der Waals surface area contributed by atoms with Gasteiger partial charge in [-0.2, -0.15) is 0 Å². The summed E-state index contributed by atoms with van der Waals surface area (Å²) in [5.74, 6) is 0.0676. The van der Waals surface area contributed by atoms with Crippen molar-refractivity contribution in [3.05, 3.63) is 89.6 Å². The lowest BCUT2D eigenvalue weighted by Crippen LogP contribution is -2.46. The zero-order valence-corrected chi connectivity index (χ0v) is 23.5. The van der Waals surface area contributed by atoms with E-state index in [2.05, 4.69) is 46.7 Å². The number of aromatic nitrogens is 1. The van der Waals surface area contributed by atoms with Gasteiger partial charge in [-0.25, -0.2) is 4.79 Å². The molecule has 202 valence electrons. The van der Waals surface area contributed by atoms with Crippen molar-refractivity contribution in [1.82, 2.24) is 15.2 Å². The lowest BCUT2D eigenvalue weighted by molar-refractivity contribution is 0.0454. The fraction of sp³-hybridized carbons (Fsp3) is 0.344. The molecule has 6 nitrogen and oxygen atoms in total. The van der Waals surface area contributed by atoms with E-state index in [1.54, 1.807) is 23.7 Å². The zero-order chi connectivity index (χ0) is 27.4. The number of pyridine rings is 1. The summed E-state index contributed by atoms with van der Waals surface area (Å²) in [5, 5.41) is 4.11. The third kappa shape index (κ3) is 6.84. The highest BCUT2D eigenvalue weighted by Gasteiger charge is 2.31. The maximum Gasteiger partial charge on any atom is 0.407 e. The zero-order valence-electron chi connectivity index (χ0n) is 22.7. The summed E-state index contributed by atoms with van der Waals surface area (Å²) in [4.78, 5) is 33.2. The number of thiophene rings is 1. The van der Waals surface area contributed by atoms with Crippen LogP contribution < -0.4 is 5.32 Å². The third-order valence-electron chi connectivity index (χ3n) is 7.08. The highest BCUT2D eigenvalue weighted by molar-refractivity contribution is 7.20. The topological polar surface area (TPSA) is 71.5 Å². The Hall–Kier alpha value is -3.71. The van der Waals surface area contributed by atoms with E-state index in [-0.39, 0.29) is 24.1 Å². The molecule has 2 aromatic carbocycles. The molecule has 39 heavy (non-hydrogen) atoms. The molecule has 1 aliphatic carbocycles. The summed E-state index contributed by atoms with van der Waals surface area (Å²) in [6.07, 6.45) is 6.48. The molecule has 0 bridgehead atoms. The van der Waals surface area contributed by atoms with Gasteiger partial charge in [0.1, 0.15) is 5.60 Å². The Kier molecular flexibility index (Phi) is 7.98. The molecule has 2 heterocycles. The Morgan fingerprint density at radius 3 is 2.28 bits per heavy atom. The van der Waals surface area contributed by atoms with E-state index in [9.17, 15) is 9.59 Å². The molecule has 1 N–H and O–H groups in total. The van der Waals surface area contributed by atoms with Crippen LogP contribution in [0.1, 0.15) is 61.7 Å². The molecule has 0 saturated heterocycles. The van der Waals surface area contributed by atoms with Gasteiger partial charge in [-0.3, -0.25) is 9.78 Å². The van der Waals surface area contributed by atoms with Gasteiger partial charge in [-0.1, -0.05) is 42.5 Å². The Balaban J connectivity index is 1.33. The number of carbonyl (C=O) groups is 2. The van der Waals surface area contributed by atoms with Gasteiger partial charge < -0.3 is 15.0 Å². The molecule has 2 amide bonds. The molecule has 0 atom stereocenters. The maximum absolute atomic E-state index is 14.0. The van der Waals surface area contributed by atoms with Crippen LogP contribution in [0.5, 0.6) is 0 Å². The quantitative estimate of drug-likeness (QED) is 0.275. The molecule has 0 spiro atoms. The molecular weight excluding hydrogens is 506 g/mol. The van der Waals surface area contributed by atoms with Crippen LogP contribution in [0, 0.1) is 0 Å². The van der Waals surface area contributed by atoms with Crippen molar-refractivity contribution in [3.8, 4) is 11.1 Å². The average molecular weight is 542 g/mol. The van der Waals surface area contributed by atoms with Crippen molar-refractivity contribution in [2.24, 2.45) is 0 Å². The van der Waals surface area contributed by atoms with E-state index in [1.165, 1.54) is 0 Å². The van der Waals surface area contributed by atoms with Gasteiger partial charge in [0.2, 0.25) is 0 Å². The van der Waals surface area contributed by atoms with E-state index in [1.807, 2.05) is 56.0 Å². The number of hydrogen-bond acceptors (Lipinski definition) is 5. The second kappa shape index (κ2) is 11.6. The largest absolute Gasteiger partial charge is 0.444 e. The van der Waals surface area contributed by atoms with Crippen LogP contribution in [-0.2, 0) is 11.3 Å². The van der Waals surface area contributed by atoms with E-state index in [0.717, 1.165) is 57.3 Å². The van der Waals surface area contributed by atoms with Crippen LogP contribution in [0.2, 0.25) is 0 Å². The fourth-order valence-electron chi connectivity index (χ4n) is 5.15. The summed E-state index contributed by atoms with van der Waals surface area (Å²) < 4.78 is 6.56. The van der Waals surface area contributed by atoms with Crippen LogP contribution in [-0.4, -0.2) is 39.6 Å². The maximum atomic E-state index is 14.0. The molecule has 5 rings (SSSR count). The number of benzene rings is 2. The van der Waals surface area contributed by atoms with Crippen molar-refractivity contribution >= 4 is 33.4 Å². The molecular formula is C32H35N3O3S. The summed E-state index contributed by atoms with van der Waals surface area (Å²) >= 11 is 1.55. The minimum Gasteiger partial charge on any atom is -0.444 e. The van der Waals surface area contributed by atoms with Crippen LogP contribution in [0.15, 0.2) is 79.1 Å². The second-order valence-corrected chi connectivity index (χ2v) is 12.2. The normalized spacial score (nSPS) is 17.5. The van der Waals surface area contributed by atoms with E-state index in [4.69, 9.17) is 4.74 Å². The molecule has 2 aromatic heterocycles. The van der Waals surface area contributed by atoms with Crippen molar-refractivity contribution in [1.29, 1.82) is 0 Å². The molecule has 0 aliphatic heterocycles. The predicted octanol–water partition coefficient (Wildman–Crippen LogP) is 7.44. The monoisotopic (exact) mass is 541 g/mol. The second-order valence-electron chi connectivity index (χ2n) is 11.2. The van der Waals surface area contributed by atoms with Crippen LogP contribution in [0.3, 0.4) is 0 Å². The number of nitrogens with zero attached hydrogens (tertiary/aromatic N) is 2. The molecule has 1 aliphatic rings. The lowest BCUT2D eigenvalue weighted by atomic mass is 9.89. The first-order chi connectivity index (χ1) is 18.7. The van der Waals surface area contributed by atoms with Crippen molar-refractivity contribution in [3.63, 3.8) is 0 Å². The Morgan fingerprint density at radius 1 is 0.949 bits per heavy atom. The van der Waals surface area contributed by atoms with Gasteiger partial charge in [-0.15, -0.1) is 11.3 Å². The Morgan fingerprint density at radius 2 is 1.62 bits per heavy atom. The number of ether oxygens (including phenoxy) is 1. The highest BCUT2D eigenvalue weighted by atomic mass is 32.1. The van der Waals surface area contributed by atoms with Crippen molar-refractivity contribution in [2.45, 2.75) is 70.7 Å². The number of rotatable bonds is 6. The summed E-state index contributed by atoms with van der Waals surface area (Å²) in [7, 11) is 0. The summed E-state index contributed by atoms with van der Waals surface area (Å²) in [6, 6.07) is 22.7. The van der Waals surface area contributed by atoms with Gasteiger partial charge in [0.15, 0.2) is 0 Å². The third-order valence-corrected chi connectivity index (χ3v) is 8.18. The van der Waals surface area contributed by atoms with Crippen molar-refractivity contribution in [2.75, 3.05) is 0 Å². The SMILES string of the molecule is CC(C)(C)OC(=O)N[C@H]1CC[C@H](N(Cc2ccc(-c3ccncc3)cc2)C(=O)c2cc3ccccc3s2)CC1. The molecule has 4 aromatic rings. The standard InChI is InChI=1S/C32H35N3O3S/c1-32(2,3)38-31(37)34-26-12-14-27(15-13-26)35(30(36)29-20-25-6-4-5-7-28(25)39-29)21-22-8-10-23(11-9-22)24-16-18-33-19-17-24/h4-11,16-20,26-27H,12-15,21H2,1-3H3,(H,34,37)/t26-,27-. The first-order valence-corrected chi connectivity index (χ1v) is 14.4. The molecule has 7 heteroatoms. The summed E-state index contributed by atoms with van der Waals surface area (Å²) in [6.45, 7) is 6.14. The number of amides is 2. The smallest absolute Gasteiger partial charge is 0.407 e. The van der Waals surface area contributed by atoms with E-state index < -0.39 is 5.60 Å². The predicted molar refractivity (Wildman–Crippen MR) is 157 cm³/mol. The van der Waals surface area contributed by atoms with Gasteiger partial charge in [-0.05, 0) is 92.8 Å². The average Bonchev–Trinajstić information content (AvgIpc) is 3.36. The Bertz CT molecular complexity index is 1390. The minimum atomic E-state index is -0.526. The number of alkyl carbamates (subject to hydrolysis) is 1. The Labute approximate surface area is 234 Å². The van der Waals surface area contributed by atoms with Crippen molar-refractivity contribution < 1.29 is 14.3 Å². The van der Waals surface area contributed by atoms with Crippen LogP contribution in [0.25, 0.3) is 21.2 Å². The minimum absolute atomic E-state index is 0.0528. The van der Waals surface area contributed by atoms with Gasteiger partial charge in [0.05, 0.1) is 4.88 Å². The molecule has 1 fully saturated rings. The van der Waals surface area contributed by atoms with Gasteiger partial charge >= 0.3 is 6.09 Å². The summed E-state index contributed by atoms with van der Waals surface area (Å²) in [5.41, 5.74) is 2.81. The fourth-order valence-corrected chi connectivity index (χ4v) is 6.16. The molecule has 0 radical (unpaired) electrons. The number of nitrogens with one attached hydrogen (secondary N) is 1. The number of hydrogen-bond donors (Lipinski definition) is 1. The van der Waals surface area contributed by atoms with E-state index in [0.29, 0.717) is 6.54 Å². The number of fused-ring (bicyclic) bond motifs is 1. The first kappa shape index (κ1) is 26.9.